The minimum Gasteiger partial charge on any atom is -0.322 e. The van der Waals surface area contributed by atoms with Crippen molar-refractivity contribution in [3.8, 4) is 16.8 Å². The van der Waals surface area contributed by atoms with E-state index < -0.39 is 17.6 Å². The molecule has 4 aromatic rings. The third kappa shape index (κ3) is 5.35. The molecule has 2 aromatic heterocycles. The van der Waals surface area contributed by atoms with Crippen molar-refractivity contribution in [3.63, 3.8) is 0 Å². The number of allylic oxidation sites excluding steroid dienone is 1. The second-order valence-electron chi connectivity index (χ2n) is 8.67. The number of dihydropyridines is 1. The van der Waals surface area contributed by atoms with E-state index >= 15 is 0 Å². The maximum Gasteiger partial charge on any atom is 0.416 e. The average molecular weight is 502 g/mol. The average Bonchev–Trinajstić information content (AvgIpc) is 3.40. The van der Waals surface area contributed by atoms with Crippen LogP contribution in [-0.4, -0.2) is 33.4 Å². The normalized spacial score (nSPS) is 13.4. The summed E-state index contributed by atoms with van der Waals surface area (Å²) in [5.41, 5.74) is 5.12. The third-order valence-electron chi connectivity index (χ3n) is 6.08. The van der Waals surface area contributed by atoms with Gasteiger partial charge in [0.1, 0.15) is 0 Å². The number of halogens is 3. The molecule has 6 nitrogen and oxygen atoms in total. The second kappa shape index (κ2) is 9.85. The molecule has 0 saturated carbocycles. The van der Waals surface area contributed by atoms with Crippen LogP contribution in [0.4, 0.5) is 18.9 Å². The van der Waals surface area contributed by atoms with E-state index in [0.717, 1.165) is 53.0 Å². The van der Waals surface area contributed by atoms with E-state index in [4.69, 9.17) is 0 Å². The van der Waals surface area contributed by atoms with E-state index in [1.165, 1.54) is 17.7 Å². The molecule has 1 N–H and O–H groups in total. The Balaban J connectivity index is 1.39. The number of alkyl halides is 3. The number of rotatable bonds is 5. The first-order chi connectivity index (χ1) is 17.8. The van der Waals surface area contributed by atoms with E-state index in [1.54, 1.807) is 29.2 Å². The number of hydrogen-bond acceptors (Lipinski definition) is 4. The summed E-state index contributed by atoms with van der Waals surface area (Å²) in [4.78, 5) is 21.3. The summed E-state index contributed by atoms with van der Waals surface area (Å²) in [5, 5.41) is 7.18. The molecule has 1 aliphatic heterocycles. The molecule has 37 heavy (non-hydrogen) atoms. The fourth-order valence-electron chi connectivity index (χ4n) is 4.08. The number of aryl methyl sites for hydroxylation is 1. The van der Waals surface area contributed by atoms with Gasteiger partial charge in [-0.2, -0.15) is 18.3 Å². The van der Waals surface area contributed by atoms with E-state index in [9.17, 15) is 18.0 Å². The number of aromatic nitrogens is 3. The maximum absolute atomic E-state index is 13.0. The quantitative estimate of drug-likeness (QED) is 0.345. The van der Waals surface area contributed by atoms with Crippen molar-refractivity contribution in [2.45, 2.75) is 19.5 Å². The molecule has 9 heteroatoms. The van der Waals surface area contributed by atoms with Crippen LogP contribution in [0, 0.1) is 6.92 Å². The minimum absolute atomic E-state index is 0.0786. The highest BCUT2D eigenvalue weighted by Crippen LogP contribution is 2.30. The highest BCUT2D eigenvalue weighted by Gasteiger charge is 2.30. The van der Waals surface area contributed by atoms with Gasteiger partial charge in [0.05, 0.1) is 17.4 Å². The van der Waals surface area contributed by atoms with Gasteiger partial charge < -0.3 is 5.32 Å². The van der Waals surface area contributed by atoms with Crippen LogP contribution in [-0.2, 0) is 6.18 Å². The number of hydrogen-bond donors (Lipinski definition) is 1. The predicted octanol–water partition coefficient (Wildman–Crippen LogP) is 6.37. The van der Waals surface area contributed by atoms with Gasteiger partial charge in [-0.05, 0) is 72.5 Å². The standard InChI is InChI=1S/C28H22F3N5O/c1-18-5-6-25(35-27(37)20-3-2-4-24(12-20)28(29,30)31)13-26(18)36-17-23(16-34-36)22-11-21(14-33-15-22)19-7-9-32-10-8-19/h2-7,9,11-17H,8,10H2,1H3,(H,35,37). The number of nitrogens with zero attached hydrogens (tertiary/aromatic N) is 4. The molecule has 5 rings (SSSR count). The Labute approximate surface area is 211 Å². The summed E-state index contributed by atoms with van der Waals surface area (Å²) in [7, 11) is 0. The molecular weight excluding hydrogens is 479 g/mol. The number of amides is 1. The van der Waals surface area contributed by atoms with E-state index in [1.807, 2.05) is 37.7 Å². The van der Waals surface area contributed by atoms with Crippen LogP contribution >= 0.6 is 0 Å². The Kier molecular flexibility index (Phi) is 6.43. The maximum atomic E-state index is 13.0. The number of nitrogens with one attached hydrogen (secondary N) is 1. The fraction of sp³-hybridized carbons (Fsp3) is 0.143. The van der Waals surface area contributed by atoms with Gasteiger partial charge in [-0.1, -0.05) is 12.1 Å². The van der Waals surface area contributed by atoms with Crippen molar-refractivity contribution < 1.29 is 18.0 Å². The first-order valence-electron chi connectivity index (χ1n) is 11.6. The van der Waals surface area contributed by atoms with Crippen LogP contribution in [0.1, 0.15) is 33.5 Å². The Morgan fingerprint density at radius 1 is 1.00 bits per heavy atom. The number of carbonyl (C=O) groups excluding carboxylic acids is 1. The van der Waals surface area contributed by atoms with Gasteiger partial charge in [-0.3, -0.25) is 14.8 Å². The van der Waals surface area contributed by atoms with Crippen LogP contribution in [0.25, 0.3) is 22.4 Å². The van der Waals surface area contributed by atoms with Crippen LogP contribution in [0.2, 0.25) is 0 Å². The first kappa shape index (κ1) is 24.2. The predicted molar refractivity (Wildman–Crippen MR) is 137 cm³/mol. The summed E-state index contributed by atoms with van der Waals surface area (Å²) in [5.74, 6) is -0.632. The zero-order valence-corrected chi connectivity index (χ0v) is 19.8. The highest BCUT2D eigenvalue weighted by molar-refractivity contribution is 6.04. The molecule has 0 aliphatic carbocycles. The molecule has 1 amide bonds. The molecule has 186 valence electrons. The molecule has 3 heterocycles. The molecule has 0 saturated heterocycles. The largest absolute Gasteiger partial charge is 0.416 e. The Morgan fingerprint density at radius 2 is 1.84 bits per heavy atom. The van der Waals surface area contributed by atoms with Crippen molar-refractivity contribution in [1.82, 2.24) is 14.8 Å². The van der Waals surface area contributed by atoms with E-state index in [-0.39, 0.29) is 5.56 Å². The monoisotopic (exact) mass is 501 g/mol. The van der Waals surface area contributed by atoms with E-state index in [0.29, 0.717) is 5.69 Å². The lowest BCUT2D eigenvalue weighted by atomic mass is 10.0. The molecular formula is C28H22F3N5O. The van der Waals surface area contributed by atoms with Gasteiger partial charge in [-0.15, -0.1) is 0 Å². The lowest BCUT2D eigenvalue weighted by Gasteiger charge is -2.12. The molecule has 0 unspecified atom stereocenters. The number of anilines is 1. The zero-order chi connectivity index (χ0) is 26.0. The summed E-state index contributed by atoms with van der Waals surface area (Å²) >= 11 is 0. The molecule has 2 aromatic carbocycles. The van der Waals surface area contributed by atoms with Gasteiger partial charge in [0.2, 0.25) is 0 Å². The molecule has 0 spiro atoms. The first-order valence-corrected chi connectivity index (χ1v) is 11.6. The van der Waals surface area contributed by atoms with Crippen molar-refractivity contribution >= 4 is 23.4 Å². The van der Waals surface area contributed by atoms with Crippen LogP contribution < -0.4 is 5.32 Å². The Hall–Kier alpha value is -4.53. The fourth-order valence-corrected chi connectivity index (χ4v) is 4.08. The Bertz CT molecular complexity index is 1530. The third-order valence-corrected chi connectivity index (χ3v) is 6.08. The number of aliphatic imine (C=N–C) groups is 1. The lowest BCUT2D eigenvalue weighted by molar-refractivity contribution is -0.137. The van der Waals surface area contributed by atoms with Gasteiger partial charge in [0, 0.05) is 53.7 Å². The highest BCUT2D eigenvalue weighted by atomic mass is 19.4. The summed E-state index contributed by atoms with van der Waals surface area (Å²) in [6, 6.07) is 11.6. The zero-order valence-electron chi connectivity index (χ0n) is 19.8. The molecule has 1 aliphatic rings. The topological polar surface area (TPSA) is 72.2 Å². The van der Waals surface area contributed by atoms with Crippen molar-refractivity contribution in [2.24, 2.45) is 4.99 Å². The van der Waals surface area contributed by atoms with Crippen molar-refractivity contribution in [2.75, 3.05) is 11.9 Å². The SMILES string of the molecule is Cc1ccc(NC(=O)c2cccc(C(F)(F)F)c2)cc1-n1cc(-c2cncc(C3=CC=NCC3)c2)cn1. The van der Waals surface area contributed by atoms with Gasteiger partial charge in [-0.25, -0.2) is 4.68 Å². The molecule has 0 radical (unpaired) electrons. The number of benzene rings is 2. The molecule has 0 fully saturated rings. The lowest BCUT2D eigenvalue weighted by Crippen LogP contribution is -2.14. The summed E-state index contributed by atoms with van der Waals surface area (Å²) in [6.07, 6.45) is 7.37. The summed E-state index contributed by atoms with van der Waals surface area (Å²) in [6.45, 7) is 2.67. The number of carbonyl (C=O) groups is 1. The minimum atomic E-state index is -4.53. The van der Waals surface area contributed by atoms with Gasteiger partial charge in [0.15, 0.2) is 0 Å². The van der Waals surface area contributed by atoms with Gasteiger partial charge in [0.25, 0.3) is 5.91 Å². The van der Waals surface area contributed by atoms with Crippen LogP contribution in [0.3, 0.4) is 0 Å². The molecule has 0 atom stereocenters. The summed E-state index contributed by atoms with van der Waals surface area (Å²) < 4.78 is 40.8. The molecule has 0 bridgehead atoms. The van der Waals surface area contributed by atoms with Crippen LogP contribution in [0.5, 0.6) is 0 Å². The van der Waals surface area contributed by atoms with Crippen molar-refractivity contribution in [3.05, 3.63) is 102 Å². The second-order valence-corrected chi connectivity index (χ2v) is 8.67. The van der Waals surface area contributed by atoms with E-state index in [2.05, 4.69) is 26.5 Å². The van der Waals surface area contributed by atoms with Crippen LogP contribution in [0.15, 0.2) is 84.4 Å². The van der Waals surface area contributed by atoms with Crippen molar-refractivity contribution in [1.29, 1.82) is 0 Å². The Morgan fingerprint density at radius 3 is 2.62 bits per heavy atom. The smallest absolute Gasteiger partial charge is 0.322 e. The number of pyridine rings is 1. The van der Waals surface area contributed by atoms with Gasteiger partial charge >= 0.3 is 6.18 Å².